The van der Waals surface area contributed by atoms with Crippen LogP contribution in [0.3, 0.4) is 0 Å². The largest absolute Gasteiger partial charge is 0.446 e. The first-order chi connectivity index (χ1) is 7.69. The van der Waals surface area contributed by atoms with E-state index in [4.69, 9.17) is 15.9 Å². The second-order valence-electron chi connectivity index (χ2n) is 3.30. The first kappa shape index (κ1) is 12.3. The van der Waals surface area contributed by atoms with Crippen molar-refractivity contribution in [3.63, 3.8) is 0 Å². The van der Waals surface area contributed by atoms with Crippen LogP contribution in [0.1, 0.15) is 22.8 Å². The Balaban J connectivity index is 2.86. The summed E-state index contributed by atoms with van der Waals surface area (Å²) in [5.41, 5.74) is 1.28. The predicted molar refractivity (Wildman–Crippen MR) is 60.9 cm³/mol. The normalized spacial score (nSPS) is 11.6. The highest BCUT2D eigenvalue weighted by Crippen LogP contribution is 2.12. The van der Waals surface area contributed by atoms with Crippen molar-refractivity contribution in [1.82, 2.24) is 0 Å². The lowest BCUT2D eigenvalue weighted by atomic mass is 10.1. The molecule has 1 rings (SSSR count). The lowest BCUT2D eigenvalue weighted by Crippen LogP contribution is -2.15. The molecule has 0 aromatic heterocycles. The number of hydrogen-bond acceptors (Lipinski definition) is 3. The third-order valence-corrected chi connectivity index (χ3v) is 2.06. The minimum absolute atomic E-state index is 0.371. The number of esters is 1. The van der Waals surface area contributed by atoms with Crippen LogP contribution in [0.25, 0.3) is 0 Å². The summed E-state index contributed by atoms with van der Waals surface area (Å²) in [7, 11) is 1.58. The second kappa shape index (κ2) is 5.94. The zero-order valence-electron chi connectivity index (χ0n) is 9.40. The van der Waals surface area contributed by atoms with Crippen LogP contribution < -0.4 is 0 Å². The molecule has 0 saturated heterocycles. The fraction of sp³-hybridized carbons (Fsp3) is 0.308. The van der Waals surface area contributed by atoms with Gasteiger partial charge in [-0.15, -0.1) is 6.42 Å². The van der Waals surface area contributed by atoms with Crippen LogP contribution in [-0.2, 0) is 16.1 Å². The van der Waals surface area contributed by atoms with Gasteiger partial charge in [0.05, 0.1) is 12.2 Å². The van der Waals surface area contributed by atoms with Crippen molar-refractivity contribution in [3.8, 4) is 12.3 Å². The van der Waals surface area contributed by atoms with Gasteiger partial charge in [-0.1, -0.05) is 24.1 Å². The van der Waals surface area contributed by atoms with Crippen molar-refractivity contribution in [2.24, 2.45) is 0 Å². The van der Waals surface area contributed by atoms with Crippen LogP contribution in [0.2, 0.25) is 0 Å². The van der Waals surface area contributed by atoms with Crippen LogP contribution in [-0.4, -0.2) is 19.2 Å². The first-order valence-corrected chi connectivity index (χ1v) is 4.93. The average Bonchev–Trinajstić information content (AvgIpc) is 2.30. The van der Waals surface area contributed by atoms with E-state index in [1.165, 1.54) is 0 Å². The Morgan fingerprint density at radius 2 is 2.19 bits per heavy atom. The fourth-order valence-electron chi connectivity index (χ4n) is 1.26. The molecule has 0 spiro atoms. The highest BCUT2D eigenvalue weighted by atomic mass is 16.5. The topological polar surface area (TPSA) is 35.5 Å². The molecule has 0 heterocycles. The predicted octanol–water partition coefficient (Wildman–Crippen LogP) is 2.01. The summed E-state index contributed by atoms with van der Waals surface area (Å²) in [4.78, 5) is 11.7. The number of rotatable bonds is 4. The Morgan fingerprint density at radius 3 is 2.81 bits per heavy atom. The summed E-state index contributed by atoms with van der Waals surface area (Å²) in [5, 5.41) is 0. The molecule has 0 bridgehead atoms. The van der Waals surface area contributed by atoms with Crippen LogP contribution >= 0.6 is 0 Å². The molecule has 0 saturated carbocycles. The maximum absolute atomic E-state index is 11.7. The fourth-order valence-corrected chi connectivity index (χ4v) is 1.26. The van der Waals surface area contributed by atoms with E-state index >= 15 is 0 Å². The standard InChI is InChI=1S/C13H14O3/c1-4-10(2)16-13(14)12-8-6-5-7-11(12)9-15-3/h1,5-8,10H,9H2,2-3H3. The molecule has 3 nitrogen and oxygen atoms in total. The number of terminal acetylenes is 1. The van der Waals surface area contributed by atoms with Gasteiger partial charge in [0.25, 0.3) is 0 Å². The molecular formula is C13H14O3. The Morgan fingerprint density at radius 1 is 1.50 bits per heavy atom. The van der Waals surface area contributed by atoms with Gasteiger partial charge in [-0.05, 0) is 18.6 Å². The molecule has 1 unspecified atom stereocenters. The smallest absolute Gasteiger partial charge is 0.339 e. The maximum Gasteiger partial charge on any atom is 0.339 e. The van der Waals surface area contributed by atoms with E-state index in [9.17, 15) is 4.79 Å². The monoisotopic (exact) mass is 218 g/mol. The van der Waals surface area contributed by atoms with Crippen molar-refractivity contribution in [3.05, 3.63) is 35.4 Å². The van der Waals surface area contributed by atoms with Crippen molar-refractivity contribution in [1.29, 1.82) is 0 Å². The van der Waals surface area contributed by atoms with Crippen molar-refractivity contribution >= 4 is 5.97 Å². The molecule has 1 aromatic carbocycles. The van der Waals surface area contributed by atoms with Crippen molar-refractivity contribution in [2.45, 2.75) is 19.6 Å². The number of benzene rings is 1. The van der Waals surface area contributed by atoms with E-state index in [0.717, 1.165) is 5.56 Å². The summed E-state index contributed by atoms with van der Waals surface area (Å²) < 4.78 is 10.0. The van der Waals surface area contributed by atoms with Crippen molar-refractivity contribution < 1.29 is 14.3 Å². The molecule has 16 heavy (non-hydrogen) atoms. The molecule has 0 fully saturated rings. The van der Waals surface area contributed by atoms with E-state index < -0.39 is 12.1 Å². The van der Waals surface area contributed by atoms with Crippen LogP contribution in [0.4, 0.5) is 0 Å². The van der Waals surface area contributed by atoms with Gasteiger partial charge in [-0.3, -0.25) is 0 Å². The van der Waals surface area contributed by atoms with E-state index in [2.05, 4.69) is 5.92 Å². The zero-order chi connectivity index (χ0) is 12.0. The summed E-state index contributed by atoms with van der Waals surface area (Å²) in [6, 6.07) is 7.13. The van der Waals surface area contributed by atoms with Crippen LogP contribution in [0.15, 0.2) is 24.3 Å². The zero-order valence-corrected chi connectivity index (χ0v) is 9.40. The quantitative estimate of drug-likeness (QED) is 0.573. The Kier molecular flexibility index (Phi) is 4.56. The molecule has 0 aliphatic heterocycles. The summed E-state index contributed by atoms with van der Waals surface area (Å²) >= 11 is 0. The van der Waals surface area contributed by atoms with Gasteiger partial charge < -0.3 is 9.47 Å². The molecule has 0 radical (unpaired) electrons. The molecule has 3 heteroatoms. The van der Waals surface area contributed by atoms with E-state index in [0.29, 0.717) is 12.2 Å². The van der Waals surface area contributed by atoms with E-state index in [1.807, 2.05) is 12.1 Å². The molecule has 1 aromatic rings. The lowest BCUT2D eigenvalue weighted by molar-refractivity contribution is 0.0434. The Labute approximate surface area is 95.4 Å². The molecule has 0 amide bonds. The number of methoxy groups -OCH3 is 1. The van der Waals surface area contributed by atoms with Crippen molar-refractivity contribution in [2.75, 3.05) is 7.11 Å². The number of ether oxygens (including phenoxy) is 2. The van der Waals surface area contributed by atoms with Gasteiger partial charge in [0, 0.05) is 7.11 Å². The molecule has 1 atom stereocenters. The van der Waals surface area contributed by atoms with Gasteiger partial charge >= 0.3 is 5.97 Å². The average molecular weight is 218 g/mol. The molecule has 0 N–H and O–H groups in total. The van der Waals surface area contributed by atoms with Gasteiger partial charge in [0.2, 0.25) is 0 Å². The molecule has 0 aliphatic rings. The summed E-state index contributed by atoms with van der Waals surface area (Å²) in [6.07, 6.45) is 4.62. The van der Waals surface area contributed by atoms with Gasteiger partial charge in [-0.25, -0.2) is 4.79 Å². The second-order valence-corrected chi connectivity index (χ2v) is 3.30. The third kappa shape index (κ3) is 3.11. The van der Waals surface area contributed by atoms with Crippen LogP contribution in [0.5, 0.6) is 0 Å². The van der Waals surface area contributed by atoms with E-state index in [1.54, 1.807) is 26.2 Å². The summed E-state index contributed by atoms with van der Waals surface area (Å²) in [6.45, 7) is 2.02. The SMILES string of the molecule is C#CC(C)OC(=O)c1ccccc1COC. The maximum atomic E-state index is 11.7. The summed E-state index contributed by atoms with van der Waals surface area (Å²) in [5.74, 6) is 1.92. The van der Waals surface area contributed by atoms with Gasteiger partial charge in [0.1, 0.15) is 0 Å². The minimum Gasteiger partial charge on any atom is -0.446 e. The van der Waals surface area contributed by atoms with E-state index in [-0.39, 0.29) is 0 Å². The molecule has 0 aliphatic carbocycles. The number of carbonyl (C=O) groups is 1. The lowest BCUT2D eigenvalue weighted by Gasteiger charge is -2.10. The third-order valence-electron chi connectivity index (χ3n) is 2.06. The van der Waals surface area contributed by atoms with Gasteiger partial charge in [0.15, 0.2) is 6.10 Å². The highest BCUT2D eigenvalue weighted by molar-refractivity contribution is 5.91. The highest BCUT2D eigenvalue weighted by Gasteiger charge is 2.13. The minimum atomic E-state index is -0.525. The van der Waals surface area contributed by atoms with Crippen LogP contribution in [0, 0.1) is 12.3 Å². The number of carbonyl (C=O) groups excluding carboxylic acids is 1. The molecule has 84 valence electrons. The van der Waals surface area contributed by atoms with Gasteiger partial charge in [-0.2, -0.15) is 0 Å². The Bertz CT molecular complexity index is 404. The number of hydrogen-bond donors (Lipinski definition) is 0. The first-order valence-electron chi connectivity index (χ1n) is 4.93. The Hall–Kier alpha value is -1.79. The molecular weight excluding hydrogens is 204 g/mol.